The zero-order valence-corrected chi connectivity index (χ0v) is 14.7. The number of carbonyl (C=O) groups excluding carboxylic acids is 2. The van der Waals surface area contributed by atoms with Gasteiger partial charge < -0.3 is 51.1 Å². The lowest BCUT2D eigenvalue weighted by molar-refractivity contribution is 0.107. The number of phenolic OH excluding ortho intramolecular Hbond substituents is 10. The molecule has 0 unspecified atom stereocenters. The number of aromatic hydroxyl groups is 10. The molecule has 0 saturated heterocycles. The Kier molecular flexibility index (Phi) is 5.38. The van der Waals surface area contributed by atoms with E-state index in [1.165, 1.54) is 0 Å². The van der Waals surface area contributed by atoms with E-state index in [2.05, 4.69) is 0 Å². The second-order valence-corrected chi connectivity index (χ2v) is 7.05. The number of benzene rings is 2. The maximum atomic E-state index is 12.1. The molecule has 0 bridgehead atoms. The second-order valence-electron chi connectivity index (χ2n) is 4.98. The van der Waals surface area contributed by atoms with Crippen LogP contribution in [0.2, 0.25) is 0 Å². The first kappa shape index (κ1) is 20.8. The summed E-state index contributed by atoms with van der Waals surface area (Å²) >= 11 is 0. The van der Waals surface area contributed by atoms with Crippen molar-refractivity contribution in [3.8, 4) is 57.5 Å². The molecule has 0 aliphatic heterocycles. The van der Waals surface area contributed by atoms with E-state index in [9.17, 15) is 60.7 Å². The van der Waals surface area contributed by atoms with Crippen molar-refractivity contribution in [1.29, 1.82) is 0 Å². The average Bonchev–Trinajstić information content (AvgIpc) is 2.66. The zero-order valence-electron chi connectivity index (χ0n) is 13.1. The largest absolute Gasteiger partial charge is 0.504 e. The highest BCUT2D eigenvalue weighted by Gasteiger charge is 2.31. The lowest BCUT2D eigenvalue weighted by atomic mass is 10.1. The number of hydrogen-bond donors (Lipinski definition) is 10. The van der Waals surface area contributed by atoms with Crippen LogP contribution in [0, 0.1) is 0 Å². The van der Waals surface area contributed by atoms with Gasteiger partial charge in [-0.25, -0.2) is 0 Å². The van der Waals surface area contributed by atoms with Crippen molar-refractivity contribution in [2.45, 2.75) is 0 Å². The van der Waals surface area contributed by atoms with Crippen molar-refractivity contribution in [1.82, 2.24) is 0 Å². The van der Waals surface area contributed by atoms with Crippen LogP contribution in [0.1, 0.15) is 20.7 Å². The van der Waals surface area contributed by atoms with Crippen LogP contribution in [0.5, 0.6) is 57.5 Å². The predicted octanol–water partition coefficient (Wildman–Crippen LogP) is 1.10. The van der Waals surface area contributed by atoms with Gasteiger partial charge in [0.25, 0.3) is 0 Å². The fourth-order valence-electron chi connectivity index (χ4n) is 1.92. The predicted molar refractivity (Wildman–Crippen MR) is 93.4 cm³/mol. The van der Waals surface area contributed by atoms with Crippen molar-refractivity contribution in [3.05, 3.63) is 11.1 Å². The summed E-state index contributed by atoms with van der Waals surface area (Å²) in [5, 5.41) is 92.1. The van der Waals surface area contributed by atoms with Crippen LogP contribution in [0.3, 0.4) is 0 Å². The van der Waals surface area contributed by atoms with Crippen LogP contribution < -0.4 is 0 Å². The van der Waals surface area contributed by atoms with Crippen LogP contribution in [0.4, 0.5) is 0 Å². The molecular weight excluding hydrogens is 424 g/mol. The summed E-state index contributed by atoms with van der Waals surface area (Å²) < 4.78 is 0. The first-order valence-corrected chi connectivity index (χ1v) is 8.87. The Balaban J connectivity index is 2.34. The molecule has 150 valence electrons. The highest BCUT2D eigenvalue weighted by atomic mass is 33.1. The van der Waals surface area contributed by atoms with Gasteiger partial charge in [-0.2, -0.15) is 0 Å². The maximum Gasteiger partial charge on any atom is 0.238 e. The standard InChI is InChI=1S/C14H10O12S2/c15-3-1(4(16)8(20)11(23)7(3)19)13(25)27-28-14(26)2-5(17)9(21)12(24)10(22)6(2)18/h15-24H. The molecule has 0 fully saturated rings. The van der Waals surface area contributed by atoms with Gasteiger partial charge in [0.1, 0.15) is 11.1 Å². The Bertz CT molecular complexity index is 877. The number of phenols is 10. The van der Waals surface area contributed by atoms with Gasteiger partial charge in [-0.15, -0.1) is 0 Å². The second kappa shape index (κ2) is 7.24. The van der Waals surface area contributed by atoms with E-state index >= 15 is 0 Å². The van der Waals surface area contributed by atoms with Crippen LogP contribution in [0.25, 0.3) is 0 Å². The molecule has 0 atom stereocenters. The van der Waals surface area contributed by atoms with Crippen molar-refractivity contribution < 1.29 is 60.7 Å². The minimum Gasteiger partial charge on any atom is -0.504 e. The minimum atomic E-state index is -1.32. The van der Waals surface area contributed by atoms with E-state index in [-0.39, 0.29) is 21.6 Å². The average molecular weight is 434 g/mol. The van der Waals surface area contributed by atoms with Gasteiger partial charge in [0.15, 0.2) is 23.0 Å². The number of rotatable bonds is 2. The summed E-state index contributed by atoms with van der Waals surface area (Å²) in [6.45, 7) is 0. The summed E-state index contributed by atoms with van der Waals surface area (Å²) in [4.78, 5) is 24.2. The molecule has 14 heteroatoms. The van der Waals surface area contributed by atoms with Crippen molar-refractivity contribution in [3.63, 3.8) is 0 Å². The quantitative estimate of drug-likeness (QED) is 0.181. The molecule has 10 N–H and O–H groups in total. The van der Waals surface area contributed by atoms with Crippen LogP contribution in [-0.4, -0.2) is 61.3 Å². The SMILES string of the molecule is O=C(SSC(=O)c1c(O)c(O)c(O)c(O)c1O)c1c(O)c(O)c(O)c(O)c1O. The third kappa shape index (κ3) is 3.14. The van der Waals surface area contributed by atoms with Crippen LogP contribution in [0.15, 0.2) is 0 Å². The van der Waals surface area contributed by atoms with Gasteiger partial charge in [-0.05, 0) is 21.6 Å². The Hall–Kier alpha value is -3.52. The Morgan fingerprint density at radius 3 is 0.786 bits per heavy atom. The van der Waals surface area contributed by atoms with Crippen molar-refractivity contribution >= 4 is 31.8 Å². The summed E-state index contributed by atoms with van der Waals surface area (Å²) in [7, 11) is -0.0525. The van der Waals surface area contributed by atoms with Gasteiger partial charge in [-0.1, -0.05) is 0 Å². The van der Waals surface area contributed by atoms with Gasteiger partial charge in [0.05, 0.1) is 0 Å². The minimum absolute atomic E-state index is 0.0262. The molecule has 0 heterocycles. The molecule has 28 heavy (non-hydrogen) atoms. The molecule has 0 amide bonds. The third-order valence-corrected chi connectivity index (χ3v) is 5.30. The molecule has 0 aromatic heterocycles. The van der Waals surface area contributed by atoms with Gasteiger partial charge in [-0.3, -0.25) is 9.59 Å². The van der Waals surface area contributed by atoms with Gasteiger partial charge in [0.2, 0.25) is 44.7 Å². The first-order valence-electron chi connectivity index (χ1n) is 6.72. The molecule has 0 aliphatic rings. The summed E-state index contributed by atoms with van der Waals surface area (Å²) in [5.74, 6) is -13.1. The van der Waals surface area contributed by atoms with E-state index in [0.29, 0.717) is 0 Å². The normalized spacial score (nSPS) is 10.7. The molecule has 12 nitrogen and oxygen atoms in total. The van der Waals surface area contributed by atoms with Crippen LogP contribution >= 0.6 is 21.6 Å². The molecule has 0 spiro atoms. The van der Waals surface area contributed by atoms with E-state index in [1.807, 2.05) is 0 Å². The fourth-order valence-corrected chi connectivity index (χ4v) is 3.58. The molecule has 2 aromatic carbocycles. The molecule has 0 radical (unpaired) electrons. The van der Waals surface area contributed by atoms with Gasteiger partial charge >= 0.3 is 0 Å². The van der Waals surface area contributed by atoms with E-state index in [1.54, 1.807) is 0 Å². The molecule has 0 aliphatic carbocycles. The highest BCUT2D eigenvalue weighted by Crippen LogP contribution is 2.54. The van der Waals surface area contributed by atoms with Gasteiger partial charge in [0, 0.05) is 0 Å². The fraction of sp³-hybridized carbons (Fsp3) is 0. The highest BCUT2D eigenvalue weighted by molar-refractivity contribution is 8.87. The monoisotopic (exact) mass is 434 g/mol. The summed E-state index contributed by atoms with van der Waals surface area (Å²) in [5.41, 5.74) is -2.13. The van der Waals surface area contributed by atoms with E-state index in [0.717, 1.165) is 0 Å². The van der Waals surface area contributed by atoms with E-state index in [4.69, 9.17) is 0 Å². The van der Waals surface area contributed by atoms with Crippen molar-refractivity contribution in [2.24, 2.45) is 0 Å². The summed E-state index contributed by atoms with van der Waals surface area (Å²) in [6.07, 6.45) is 0. The zero-order chi connectivity index (χ0) is 21.5. The first-order chi connectivity index (χ1) is 12.9. The lowest BCUT2D eigenvalue weighted by Crippen LogP contribution is -1.98. The topological polar surface area (TPSA) is 236 Å². The Labute approximate surface area is 161 Å². The molecule has 0 saturated carbocycles. The maximum absolute atomic E-state index is 12.1. The smallest absolute Gasteiger partial charge is 0.238 e. The van der Waals surface area contributed by atoms with E-state index < -0.39 is 78.9 Å². The Morgan fingerprint density at radius 2 is 0.571 bits per heavy atom. The Morgan fingerprint density at radius 1 is 0.393 bits per heavy atom. The van der Waals surface area contributed by atoms with Crippen LogP contribution in [-0.2, 0) is 0 Å². The third-order valence-electron chi connectivity index (χ3n) is 3.34. The molecular formula is C14H10O12S2. The summed E-state index contributed by atoms with van der Waals surface area (Å²) in [6, 6.07) is 0. The van der Waals surface area contributed by atoms with Crippen molar-refractivity contribution in [2.75, 3.05) is 0 Å². The molecule has 2 aromatic rings. The number of hydrogen-bond acceptors (Lipinski definition) is 14. The lowest BCUT2D eigenvalue weighted by Gasteiger charge is -2.12. The molecule has 2 rings (SSSR count). The number of carbonyl (C=O) groups is 2.